The highest BCUT2D eigenvalue weighted by atomic mass is 16.6. The topological polar surface area (TPSA) is 12.5 Å². The number of hydrogen-bond acceptors (Lipinski definition) is 1. The first-order chi connectivity index (χ1) is 6.40. The molecule has 0 bridgehead atoms. The van der Waals surface area contributed by atoms with Crippen molar-refractivity contribution in [2.24, 2.45) is 0 Å². The van der Waals surface area contributed by atoms with Crippen molar-refractivity contribution in [2.75, 3.05) is 0 Å². The summed E-state index contributed by atoms with van der Waals surface area (Å²) in [4.78, 5) is 0. The highest BCUT2D eigenvalue weighted by Gasteiger charge is 2.34. The monoisotopic (exact) mass is 170 g/mol. The van der Waals surface area contributed by atoms with Crippen LogP contribution >= 0.6 is 0 Å². The Morgan fingerprint density at radius 3 is 2.69 bits per heavy atom. The Morgan fingerprint density at radius 1 is 1.31 bits per heavy atom. The standard InChI is InChI=1S/C12H10O/c1-2-11-12(13-11)9-8-10-6-4-3-5-7-10/h1,3-9,11-12H/b9-8+/t11?,12-/m1/s1. The number of rotatable bonds is 2. The quantitative estimate of drug-likeness (QED) is 0.489. The van der Waals surface area contributed by atoms with Gasteiger partial charge < -0.3 is 4.74 Å². The lowest BCUT2D eigenvalue weighted by Crippen LogP contribution is -1.83. The molecule has 0 spiro atoms. The van der Waals surface area contributed by atoms with E-state index in [4.69, 9.17) is 11.2 Å². The molecular weight excluding hydrogens is 160 g/mol. The molecule has 1 aromatic rings. The van der Waals surface area contributed by atoms with Crippen molar-refractivity contribution in [2.45, 2.75) is 12.2 Å². The maximum Gasteiger partial charge on any atom is 0.148 e. The van der Waals surface area contributed by atoms with E-state index in [9.17, 15) is 0 Å². The van der Waals surface area contributed by atoms with E-state index in [0.717, 1.165) is 0 Å². The van der Waals surface area contributed by atoms with Crippen LogP contribution in [0.5, 0.6) is 0 Å². The van der Waals surface area contributed by atoms with Crippen LogP contribution in [0.4, 0.5) is 0 Å². The molecule has 1 unspecified atom stereocenters. The average Bonchev–Trinajstić information content (AvgIpc) is 2.95. The molecule has 0 saturated carbocycles. The van der Waals surface area contributed by atoms with Crippen LogP contribution in [0.15, 0.2) is 36.4 Å². The van der Waals surface area contributed by atoms with Crippen LogP contribution in [0.3, 0.4) is 0 Å². The van der Waals surface area contributed by atoms with E-state index in [-0.39, 0.29) is 12.2 Å². The predicted molar refractivity (Wildman–Crippen MR) is 53.0 cm³/mol. The normalized spacial score (nSPS) is 25.8. The Labute approximate surface area is 78.0 Å². The van der Waals surface area contributed by atoms with Gasteiger partial charge in [0, 0.05) is 0 Å². The number of ether oxygens (including phenoxy) is 1. The van der Waals surface area contributed by atoms with E-state index in [1.165, 1.54) is 5.56 Å². The van der Waals surface area contributed by atoms with Crippen molar-refractivity contribution in [1.29, 1.82) is 0 Å². The Bertz CT molecular complexity index is 345. The van der Waals surface area contributed by atoms with Crippen molar-refractivity contribution in [3.63, 3.8) is 0 Å². The summed E-state index contributed by atoms with van der Waals surface area (Å²) < 4.78 is 5.16. The second-order valence-electron chi connectivity index (χ2n) is 2.96. The smallest absolute Gasteiger partial charge is 0.148 e. The number of terminal acetylenes is 1. The van der Waals surface area contributed by atoms with E-state index >= 15 is 0 Å². The summed E-state index contributed by atoms with van der Waals surface area (Å²) in [6.07, 6.45) is 9.34. The molecule has 13 heavy (non-hydrogen) atoms. The van der Waals surface area contributed by atoms with E-state index in [0.29, 0.717) is 0 Å². The second kappa shape index (κ2) is 3.47. The fourth-order valence-corrected chi connectivity index (χ4v) is 1.17. The largest absolute Gasteiger partial charge is 0.351 e. The Balaban J connectivity index is 1.97. The number of epoxide rings is 1. The Morgan fingerprint density at radius 2 is 2.08 bits per heavy atom. The number of benzene rings is 1. The zero-order chi connectivity index (χ0) is 9.10. The van der Waals surface area contributed by atoms with Gasteiger partial charge in [-0.1, -0.05) is 48.4 Å². The summed E-state index contributed by atoms with van der Waals surface area (Å²) in [6, 6.07) is 10.1. The molecule has 1 nitrogen and oxygen atoms in total. The van der Waals surface area contributed by atoms with Gasteiger partial charge in [-0.05, 0) is 5.56 Å². The van der Waals surface area contributed by atoms with Crippen molar-refractivity contribution in [1.82, 2.24) is 0 Å². The van der Waals surface area contributed by atoms with Gasteiger partial charge in [0.1, 0.15) is 12.2 Å². The lowest BCUT2D eigenvalue weighted by Gasteiger charge is -1.88. The molecule has 1 heterocycles. The van der Waals surface area contributed by atoms with E-state index in [2.05, 4.69) is 5.92 Å². The van der Waals surface area contributed by atoms with Crippen LogP contribution in [0.1, 0.15) is 5.56 Å². The van der Waals surface area contributed by atoms with E-state index in [1.807, 2.05) is 42.5 Å². The summed E-state index contributed by atoms with van der Waals surface area (Å²) >= 11 is 0. The van der Waals surface area contributed by atoms with Gasteiger partial charge in [-0.3, -0.25) is 0 Å². The molecule has 1 fully saturated rings. The fraction of sp³-hybridized carbons (Fsp3) is 0.167. The average molecular weight is 170 g/mol. The third-order valence-corrected chi connectivity index (χ3v) is 1.97. The number of hydrogen-bond donors (Lipinski definition) is 0. The summed E-state index contributed by atoms with van der Waals surface area (Å²) in [5.41, 5.74) is 1.17. The fourth-order valence-electron chi connectivity index (χ4n) is 1.17. The first kappa shape index (κ1) is 8.10. The molecule has 1 aromatic carbocycles. The molecule has 0 amide bonds. The van der Waals surface area contributed by atoms with Crippen molar-refractivity contribution in [3.8, 4) is 12.3 Å². The highest BCUT2D eigenvalue weighted by Crippen LogP contribution is 2.22. The summed E-state index contributed by atoms with van der Waals surface area (Å²) in [5.74, 6) is 2.55. The third-order valence-electron chi connectivity index (χ3n) is 1.97. The van der Waals surface area contributed by atoms with Gasteiger partial charge in [0.15, 0.2) is 0 Å². The molecule has 0 aromatic heterocycles. The predicted octanol–water partition coefficient (Wildman–Crippen LogP) is 2.10. The van der Waals surface area contributed by atoms with Crippen molar-refractivity contribution < 1.29 is 4.74 Å². The van der Waals surface area contributed by atoms with Gasteiger partial charge in [-0.25, -0.2) is 0 Å². The van der Waals surface area contributed by atoms with Gasteiger partial charge >= 0.3 is 0 Å². The van der Waals surface area contributed by atoms with Crippen molar-refractivity contribution in [3.05, 3.63) is 42.0 Å². The SMILES string of the molecule is C#CC1O[C@@H]1/C=C/c1ccccc1. The molecule has 1 aliphatic rings. The minimum atomic E-state index is -0.0000350. The van der Waals surface area contributed by atoms with Crippen LogP contribution < -0.4 is 0 Å². The van der Waals surface area contributed by atoms with Crippen LogP contribution in [0, 0.1) is 12.3 Å². The first-order valence-electron chi connectivity index (χ1n) is 4.25. The molecule has 2 atom stereocenters. The summed E-state index contributed by atoms with van der Waals surface area (Å²) in [6.45, 7) is 0. The van der Waals surface area contributed by atoms with Crippen LogP contribution in [0.25, 0.3) is 6.08 Å². The van der Waals surface area contributed by atoms with Crippen LogP contribution in [-0.4, -0.2) is 12.2 Å². The Hall–Kier alpha value is -1.52. The van der Waals surface area contributed by atoms with Crippen LogP contribution in [-0.2, 0) is 4.74 Å². The summed E-state index contributed by atoms with van der Waals surface area (Å²) in [5, 5.41) is 0. The lowest BCUT2D eigenvalue weighted by atomic mass is 10.2. The van der Waals surface area contributed by atoms with Gasteiger partial charge in [-0.2, -0.15) is 0 Å². The van der Waals surface area contributed by atoms with Gasteiger partial charge in [-0.15, -0.1) is 6.42 Å². The van der Waals surface area contributed by atoms with Crippen molar-refractivity contribution >= 4 is 6.08 Å². The molecule has 1 saturated heterocycles. The zero-order valence-electron chi connectivity index (χ0n) is 7.18. The van der Waals surface area contributed by atoms with E-state index < -0.39 is 0 Å². The first-order valence-corrected chi connectivity index (χ1v) is 4.25. The maximum atomic E-state index is 5.18. The molecule has 64 valence electrons. The molecule has 0 N–H and O–H groups in total. The van der Waals surface area contributed by atoms with E-state index in [1.54, 1.807) is 0 Å². The molecule has 1 aliphatic heterocycles. The zero-order valence-corrected chi connectivity index (χ0v) is 7.18. The summed E-state index contributed by atoms with van der Waals surface area (Å²) in [7, 11) is 0. The minimum absolute atomic E-state index is 0.0000350. The van der Waals surface area contributed by atoms with Crippen LogP contribution in [0.2, 0.25) is 0 Å². The minimum Gasteiger partial charge on any atom is -0.351 e. The van der Waals surface area contributed by atoms with Gasteiger partial charge in [0.25, 0.3) is 0 Å². The maximum absolute atomic E-state index is 5.18. The highest BCUT2D eigenvalue weighted by molar-refractivity contribution is 5.50. The van der Waals surface area contributed by atoms with Gasteiger partial charge in [0.2, 0.25) is 0 Å². The molecule has 2 rings (SSSR count). The van der Waals surface area contributed by atoms with Gasteiger partial charge in [0.05, 0.1) is 0 Å². The molecular formula is C12H10O. The second-order valence-corrected chi connectivity index (χ2v) is 2.96. The molecule has 0 radical (unpaired) electrons. The molecule has 0 aliphatic carbocycles. The Kier molecular flexibility index (Phi) is 2.16. The third kappa shape index (κ3) is 1.99. The molecule has 1 heteroatoms. The lowest BCUT2D eigenvalue weighted by molar-refractivity contribution is 0.418.